The van der Waals surface area contributed by atoms with E-state index in [1.54, 1.807) is 12.1 Å². The summed E-state index contributed by atoms with van der Waals surface area (Å²) in [5.41, 5.74) is 0. The molecule has 0 radical (unpaired) electrons. The van der Waals surface area contributed by atoms with Gasteiger partial charge in [0.2, 0.25) is 5.78 Å². The highest BCUT2D eigenvalue weighted by atomic mass is 16.7. The van der Waals surface area contributed by atoms with Crippen molar-refractivity contribution < 1.29 is 24.2 Å². The van der Waals surface area contributed by atoms with Crippen molar-refractivity contribution in [3.05, 3.63) is 24.3 Å². The minimum Gasteiger partial charge on any atom is -0.481 e. The zero-order valence-electron chi connectivity index (χ0n) is 10.7. The number of Topliss-reactive ketones (excluding diaryl/α,β-unsaturated/α-hetero) is 1. The number of hydrogen-bond acceptors (Lipinski definition) is 4. The van der Waals surface area contributed by atoms with Crippen LogP contribution in [-0.2, 0) is 9.59 Å². The van der Waals surface area contributed by atoms with Crippen LogP contribution in [0.3, 0.4) is 0 Å². The lowest BCUT2D eigenvalue weighted by atomic mass is 10.0. The molecular weight excluding hydrogens is 248 g/mol. The summed E-state index contributed by atoms with van der Waals surface area (Å²) in [7, 11) is 0. The minimum atomic E-state index is -1.29. The second kappa shape index (κ2) is 5.30. The summed E-state index contributed by atoms with van der Waals surface area (Å²) >= 11 is 0. The normalized spacial score (nSPS) is 15.2. The van der Waals surface area contributed by atoms with Crippen molar-refractivity contribution >= 4 is 11.8 Å². The van der Waals surface area contributed by atoms with Crippen molar-refractivity contribution in [2.45, 2.75) is 38.4 Å². The predicted octanol–water partition coefficient (Wildman–Crippen LogP) is 2.39. The highest BCUT2D eigenvalue weighted by Gasteiger charge is 2.45. The van der Waals surface area contributed by atoms with Gasteiger partial charge in [-0.25, -0.2) is 0 Å². The van der Waals surface area contributed by atoms with Gasteiger partial charge in [0.25, 0.3) is 0 Å². The molecule has 1 heterocycles. The zero-order chi connectivity index (χ0) is 13.9. The number of ether oxygens (including phenoxy) is 2. The summed E-state index contributed by atoms with van der Waals surface area (Å²) < 4.78 is 11.3. The molecule has 0 spiro atoms. The Morgan fingerprint density at radius 2 is 1.74 bits per heavy atom. The molecule has 0 atom stereocenters. The third-order valence-corrected chi connectivity index (χ3v) is 3.08. The fourth-order valence-electron chi connectivity index (χ4n) is 2.05. The summed E-state index contributed by atoms with van der Waals surface area (Å²) in [4.78, 5) is 22.3. The van der Waals surface area contributed by atoms with Crippen LogP contribution in [0, 0.1) is 0 Å². The van der Waals surface area contributed by atoms with Crippen molar-refractivity contribution in [2.75, 3.05) is 0 Å². The average Bonchev–Trinajstić information content (AvgIpc) is 2.74. The van der Waals surface area contributed by atoms with Crippen LogP contribution in [0.15, 0.2) is 24.3 Å². The number of benzene rings is 1. The number of fused-ring (bicyclic) bond motifs is 1. The average molecular weight is 264 g/mol. The number of carboxylic acid groups (broad SMARTS) is 1. The molecule has 0 saturated carbocycles. The summed E-state index contributed by atoms with van der Waals surface area (Å²) in [5.74, 6) is -1.23. The molecule has 0 amide bonds. The minimum absolute atomic E-state index is 0.0843. The molecule has 2 rings (SSSR count). The van der Waals surface area contributed by atoms with Gasteiger partial charge in [0.15, 0.2) is 11.5 Å². The molecule has 0 unspecified atom stereocenters. The van der Waals surface area contributed by atoms with E-state index >= 15 is 0 Å². The number of para-hydroxylation sites is 2. The van der Waals surface area contributed by atoms with Crippen LogP contribution in [0.2, 0.25) is 0 Å². The highest BCUT2D eigenvalue weighted by molar-refractivity contribution is 5.85. The zero-order valence-corrected chi connectivity index (χ0v) is 10.7. The van der Waals surface area contributed by atoms with Gasteiger partial charge in [0.05, 0.1) is 0 Å². The van der Waals surface area contributed by atoms with Gasteiger partial charge < -0.3 is 14.6 Å². The number of unbranched alkanes of at least 4 members (excludes halogenated alkanes) is 1. The lowest BCUT2D eigenvalue weighted by Gasteiger charge is -2.24. The van der Waals surface area contributed by atoms with Crippen LogP contribution in [0.1, 0.15) is 32.6 Å². The standard InChI is InChI=1S/C14H16O5/c1-10(15)14(9-5-4-8-13(16)17)18-11-6-2-3-7-12(11)19-14/h2-3,6-7H,4-5,8-9H2,1H3,(H,16,17). The molecular formula is C14H16O5. The van der Waals surface area contributed by atoms with E-state index in [4.69, 9.17) is 14.6 Å². The fourth-order valence-corrected chi connectivity index (χ4v) is 2.05. The van der Waals surface area contributed by atoms with Crippen molar-refractivity contribution in [1.29, 1.82) is 0 Å². The van der Waals surface area contributed by atoms with E-state index in [1.807, 2.05) is 12.1 Å². The first-order valence-electron chi connectivity index (χ1n) is 6.23. The highest BCUT2D eigenvalue weighted by Crippen LogP contribution is 2.41. The second-order valence-corrected chi connectivity index (χ2v) is 4.56. The van der Waals surface area contributed by atoms with E-state index in [0.29, 0.717) is 30.8 Å². The van der Waals surface area contributed by atoms with Crippen LogP contribution >= 0.6 is 0 Å². The van der Waals surface area contributed by atoms with Gasteiger partial charge >= 0.3 is 11.8 Å². The van der Waals surface area contributed by atoms with E-state index < -0.39 is 11.8 Å². The van der Waals surface area contributed by atoms with Gasteiger partial charge in [-0.1, -0.05) is 12.1 Å². The van der Waals surface area contributed by atoms with Crippen LogP contribution < -0.4 is 9.47 Å². The fraction of sp³-hybridized carbons (Fsp3) is 0.429. The van der Waals surface area contributed by atoms with Gasteiger partial charge in [-0.3, -0.25) is 9.59 Å². The Balaban J connectivity index is 2.02. The maximum Gasteiger partial charge on any atom is 0.311 e. The number of hydrogen-bond donors (Lipinski definition) is 1. The lowest BCUT2D eigenvalue weighted by molar-refractivity contribution is -0.154. The Bertz CT molecular complexity index is 469. The third kappa shape index (κ3) is 2.86. The molecule has 0 aromatic heterocycles. The number of rotatable bonds is 6. The molecule has 19 heavy (non-hydrogen) atoms. The first kappa shape index (κ1) is 13.4. The Labute approximate surface area is 111 Å². The SMILES string of the molecule is CC(=O)C1(CCCCC(=O)O)Oc2ccccc2O1. The molecule has 1 aliphatic heterocycles. The first-order chi connectivity index (χ1) is 9.03. The topological polar surface area (TPSA) is 72.8 Å². The molecule has 0 aliphatic carbocycles. The molecule has 102 valence electrons. The van der Waals surface area contributed by atoms with Crippen LogP contribution in [0.25, 0.3) is 0 Å². The Hall–Kier alpha value is -2.04. The number of carboxylic acids is 1. The summed E-state index contributed by atoms with van der Waals surface area (Å²) in [5, 5.41) is 8.59. The number of carbonyl (C=O) groups excluding carboxylic acids is 1. The smallest absolute Gasteiger partial charge is 0.311 e. The molecule has 0 fully saturated rings. The summed E-state index contributed by atoms with van der Waals surface area (Å²) in [6.45, 7) is 1.42. The van der Waals surface area contributed by atoms with Crippen molar-refractivity contribution in [1.82, 2.24) is 0 Å². The second-order valence-electron chi connectivity index (χ2n) is 4.56. The molecule has 0 saturated heterocycles. The molecule has 1 aromatic rings. The monoisotopic (exact) mass is 264 g/mol. The van der Waals surface area contributed by atoms with E-state index in [9.17, 15) is 9.59 Å². The van der Waals surface area contributed by atoms with Crippen molar-refractivity contribution in [3.63, 3.8) is 0 Å². The van der Waals surface area contributed by atoms with Gasteiger partial charge in [0.1, 0.15) is 0 Å². The van der Waals surface area contributed by atoms with Crippen LogP contribution in [0.5, 0.6) is 11.5 Å². The molecule has 0 bridgehead atoms. The van der Waals surface area contributed by atoms with Crippen LogP contribution in [-0.4, -0.2) is 22.6 Å². The van der Waals surface area contributed by atoms with Gasteiger partial charge in [-0.15, -0.1) is 0 Å². The summed E-state index contributed by atoms with van der Waals surface area (Å²) in [6.07, 6.45) is 1.48. The van der Waals surface area contributed by atoms with E-state index in [0.717, 1.165) is 0 Å². The van der Waals surface area contributed by atoms with Gasteiger partial charge in [-0.05, 0) is 25.0 Å². The van der Waals surface area contributed by atoms with Gasteiger partial charge in [0, 0.05) is 19.8 Å². The van der Waals surface area contributed by atoms with E-state index in [-0.39, 0.29) is 12.2 Å². The first-order valence-corrected chi connectivity index (χ1v) is 6.23. The lowest BCUT2D eigenvalue weighted by Crippen LogP contribution is -2.45. The maximum absolute atomic E-state index is 11.8. The quantitative estimate of drug-likeness (QED) is 0.798. The third-order valence-electron chi connectivity index (χ3n) is 3.08. The maximum atomic E-state index is 11.8. The van der Waals surface area contributed by atoms with Crippen LogP contribution in [0.4, 0.5) is 0 Å². The molecule has 1 aromatic carbocycles. The molecule has 1 aliphatic rings. The largest absolute Gasteiger partial charge is 0.481 e. The predicted molar refractivity (Wildman–Crippen MR) is 67.2 cm³/mol. The molecule has 1 N–H and O–H groups in total. The Morgan fingerprint density at radius 1 is 1.16 bits per heavy atom. The molecule has 5 nitrogen and oxygen atoms in total. The molecule has 5 heteroatoms. The van der Waals surface area contributed by atoms with Gasteiger partial charge in [-0.2, -0.15) is 0 Å². The van der Waals surface area contributed by atoms with E-state index in [2.05, 4.69) is 0 Å². The number of carbonyl (C=O) groups is 2. The Kier molecular flexibility index (Phi) is 3.74. The van der Waals surface area contributed by atoms with Crippen molar-refractivity contribution in [2.24, 2.45) is 0 Å². The number of ketones is 1. The van der Waals surface area contributed by atoms with E-state index in [1.165, 1.54) is 6.92 Å². The van der Waals surface area contributed by atoms with Crippen molar-refractivity contribution in [3.8, 4) is 11.5 Å². The number of aliphatic carboxylic acids is 1. The Morgan fingerprint density at radius 3 is 2.21 bits per heavy atom. The summed E-state index contributed by atoms with van der Waals surface area (Å²) in [6, 6.07) is 7.11.